The van der Waals surface area contributed by atoms with E-state index in [0.717, 1.165) is 12.8 Å². The van der Waals surface area contributed by atoms with Crippen LogP contribution >= 0.6 is 0 Å². The molecule has 1 aliphatic carbocycles. The Bertz CT molecular complexity index is 127. The molecule has 0 heterocycles. The number of halogens is 3. The average Bonchev–Trinajstić information content (AvgIpc) is 2.38. The number of rotatable bonds is 2. The van der Waals surface area contributed by atoms with E-state index in [1.807, 2.05) is 0 Å². The van der Waals surface area contributed by atoms with Crippen LogP contribution in [0.2, 0.25) is 0 Å². The van der Waals surface area contributed by atoms with Crippen LogP contribution in [0.3, 0.4) is 0 Å². The standard InChI is InChI=1S/C5H7BF3.K/c7-6(8,9)4-3-5-1-2-5;/h3-5H,1-2H2;/q-1;+1/b4-3+;. The maximum Gasteiger partial charge on any atom is 1.00 e. The minimum Gasteiger partial charge on any atom is -0.445 e. The quantitative estimate of drug-likeness (QED) is 0.487. The summed E-state index contributed by atoms with van der Waals surface area (Å²) < 4.78 is 34.3. The van der Waals surface area contributed by atoms with Gasteiger partial charge in [0.2, 0.25) is 0 Å². The van der Waals surface area contributed by atoms with Gasteiger partial charge in [-0.25, -0.2) is 0 Å². The molecule has 1 fully saturated rings. The third kappa shape index (κ3) is 5.98. The molecule has 0 unspecified atom stereocenters. The Kier molecular flexibility index (Phi) is 4.84. The number of hydrogen-bond acceptors (Lipinski definition) is 0. The molecule has 0 bridgehead atoms. The van der Waals surface area contributed by atoms with Gasteiger partial charge < -0.3 is 12.9 Å². The summed E-state index contributed by atoms with van der Waals surface area (Å²) >= 11 is 0. The zero-order valence-electron chi connectivity index (χ0n) is 5.86. The van der Waals surface area contributed by atoms with Crippen molar-refractivity contribution >= 4 is 6.98 Å². The smallest absolute Gasteiger partial charge is 0.445 e. The van der Waals surface area contributed by atoms with Gasteiger partial charge in [0.25, 0.3) is 0 Å². The number of allylic oxidation sites excluding steroid dienone is 1. The van der Waals surface area contributed by atoms with Gasteiger partial charge in [-0.05, 0) is 18.8 Å². The molecule has 1 aliphatic rings. The monoisotopic (exact) mass is 174 g/mol. The van der Waals surface area contributed by atoms with Crippen molar-refractivity contribution in [1.29, 1.82) is 0 Å². The molecule has 52 valence electrons. The number of hydrogen-bond donors (Lipinski definition) is 0. The van der Waals surface area contributed by atoms with Gasteiger partial charge in [0.15, 0.2) is 0 Å². The normalized spacial score (nSPS) is 19.1. The largest absolute Gasteiger partial charge is 1.00 e. The van der Waals surface area contributed by atoms with Gasteiger partial charge in [0.1, 0.15) is 0 Å². The predicted octanol–water partition coefficient (Wildman–Crippen LogP) is -0.657. The Morgan fingerprint density at radius 3 is 2.00 bits per heavy atom. The summed E-state index contributed by atoms with van der Waals surface area (Å²) in [5.41, 5.74) is 0. The molecule has 0 nitrogen and oxygen atoms in total. The van der Waals surface area contributed by atoms with Crippen LogP contribution in [0.5, 0.6) is 0 Å². The third-order valence-corrected chi connectivity index (χ3v) is 1.22. The minimum absolute atomic E-state index is 0. The molecular formula is C5H7BF3K. The van der Waals surface area contributed by atoms with Crippen LogP contribution in [-0.4, -0.2) is 6.98 Å². The Labute approximate surface area is 101 Å². The maximum absolute atomic E-state index is 11.4. The minimum atomic E-state index is -4.67. The van der Waals surface area contributed by atoms with Gasteiger partial charge in [-0.15, -0.1) is 12.1 Å². The van der Waals surface area contributed by atoms with Gasteiger partial charge >= 0.3 is 58.4 Å². The molecule has 1 rings (SSSR count). The first kappa shape index (κ1) is 11.2. The molecule has 0 aliphatic heterocycles. The molecule has 10 heavy (non-hydrogen) atoms. The van der Waals surface area contributed by atoms with Gasteiger partial charge in [0, 0.05) is 0 Å². The summed E-state index contributed by atoms with van der Waals surface area (Å²) in [6, 6.07) is 0. The fourth-order valence-corrected chi connectivity index (χ4v) is 0.572. The Hall–Kier alpha value is 1.23. The van der Waals surface area contributed by atoms with E-state index in [1.165, 1.54) is 6.08 Å². The summed E-state index contributed by atoms with van der Waals surface area (Å²) in [4.78, 5) is 0. The van der Waals surface area contributed by atoms with Crippen LogP contribution in [0.1, 0.15) is 12.8 Å². The van der Waals surface area contributed by atoms with Crippen molar-refractivity contribution in [1.82, 2.24) is 0 Å². The molecule has 0 radical (unpaired) electrons. The van der Waals surface area contributed by atoms with E-state index in [4.69, 9.17) is 0 Å². The van der Waals surface area contributed by atoms with E-state index in [2.05, 4.69) is 0 Å². The second-order valence-corrected chi connectivity index (χ2v) is 2.35. The zero-order chi connectivity index (χ0) is 6.91. The van der Waals surface area contributed by atoms with Crippen molar-refractivity contribution < 1.29 is 64.3 Å². The summed E-state index contributed by atoms with van der Waals surface area (Å²) in [6.45, 7) is -4.67. The SMILES string of the molecule is F[B-](F)(F)/C=C/C1CC1.[K+]. The molecule has 0 amide bonds. The summed E-state index contributed by atoms with van der Waals surface area (Å²) in [5.74, 6) is 0.617. The Balaban J connectivity index is 0.000000810. The van der Waals surface area contributed by atoms with Crippen LogP contribution in [0.4, 0.5) is 12.9 Å². The van der Waals surface area contributed by atoms with Crippen LogP contribution in [0.25, 0.3) is 0 Å². The molecule has 0 spiro atoms. The second kappa shape index (κ2) is 4.30. The molecule has 1 saturated carbocycles. The van der Waals surface area contributed by atoms with Crippen molar-refractivity contribution in [3.63, 3.8) is 0 Å². The van der Waals surface area contributed by atoms with E-state index >= 15 is 0 Å². The molecule has 0 aromatic heterocycles. The van der Waals surface area contributed by atoms with Crippen LogP contribution in [0.15, 0.2) is 12.1 Å². The van der Waals surface area contributed by atoms with Crippen LogP contribution in [-0.2, 0) is 0 Å². The fourth-order valence-electron chi connectivity index (χ4n) is 0.572. The molecule has 0 N–H and O–H groups in total. The van der Waals surface area contributed by atoms with E-state index in [-0.39, 0.29) is 57.3 Å². The van der Waals surface area contributed by atoms with Crippen molar-refractivity contribution in [3.05, 3.63) is 12.1 Å². The second-order valence-electron chi connectivity index (χ2n) is 2.35. The Morgan fingerprint density at radius 1 is 1.20 bits per heavy atom. The molecule has 0 aromatic carbocycles. The first-order valence-electron chi connectivity index (χ1n) is 2.97. The average molecular weight is 174 g/mol. The van der Waals surface area contributed by atoms with Gasteiger partial charge in [-0.1, -0.05) is 0 Å². The molecule has 0 saturated heterocycles. The molecule has 0 atom stereocenters. The zero-order valence-corrected chi connectivity index (χ0v) is 8.98. The van der Waals surface area contributed by atoms with Crippen molar-refractivity contribution in [2.45, 2.75) is 12.8 Å². The van der Waals surface area contributed by atoms with Gasteiger partial charge in [0.05, 0.1) is 0 Å². The first-order valence-corrected chi connectivity index (χ1v) is 2.97. The van der Waals surface area contributed by atoms with Gasteiger partial charge in [-0.3, -0.25) is 0 Å². The van der Waals surface area contributed by atoms with Crippen molar-refractivity contribution in [2.24, 2.45) is 5.92 Å². The van der Waals surface area contributed by atoms with Crippen LogP contribution in [0, 0.1) is 5.92 Å². The first-order chi connectivity index (χ1) is 4.08. The Morgan fingerprint density at radius 2 is 1.70 bits per heavy atom. The van der Waals surface area contributed by atoms with E-state index in [0.29, 0.717) is 5.98 Å². The van der Waals surface area contributed by atoms with E-state index < -0.39 is 6.98 Å². The topological polar surface area (TPSA) is 0 Å². The third-order valence-electron chi connectivity index (χ3n) is 1.22. The van der Waals surface area contributed by atoms with E-state index in [9.17, 15) is 12.9 Å². The van der Waals surface area contributed by atoms with Crippen molar-refractivity contribution in [2.75, 3.05) is 0 Å². The molecular weight excluding hydrogens is 167 g/mol. The van der Waals surface area contributed by atoms with Crippen molar-refractivity contribution in [3.8, 4) is 0 Å². The summed E-state index contributed by atoms with van der Waals surface area (Å²) in [6.07, 6.45) is 3.13. The maximum atomic E-state index is 11.4. The molecule has 0 aromatic rings. The predicted molar refractivity (Wildman–Crippen MR) is 30.9 cm³/mol. The molecule has 5 heteroatoms. The van der Waals surface area contributed by atoms with Crippen LogP contribution < -0.4 is 51.4 Å². The van der Waals surface area contributed by atoms with Gasteiger partial charge in [-0.2, -0.15) is 0 Å². The van der Waals surface area contributed by atoms with E-state index in [1.54, 1.807) is 0 Å². The fraction of sp³-hybridized carbons (Fsp3) is 0.600. The summed E-state index contributed by atoms with van der Waals surface area (Å²) in [5, 5.41) is 0. The summed E-state index contributed by atoms with van der Waals surface area (Å²) in [7, 11) is 0.